The highest BCUT2D eigenvalue weighted by Gasteiger charge is 2.35. The third kappa shape index (κ3) is 4.27. The lowest BCUT2D eigenvalue weighted by Crippen LogP contribution is -2.40. The highest BCUT2D eigenvalue weighted by atomic mass is 79.9. The summed E-state index contributed by atoms with van der Waals surface area (Å²) in [6.07, 6.45) is 1.89. The summed E-state index contributed by atoms with van der Waals surface area (Å²) < 4.78 is 19.1. The molecule has 0 saturated heterocycles. The first-order chi connectivity index (χ1) is 18.3. The van der Waals surface area contributed by atoms with Gasteiger partial charge in [0, 0.05) is 26.6 Å². The van der Waals surface area contributed by atoms with E-state index in [-0.39, 0.29) is 12.2 Å². The number of rotatable bonds is 6. The van der Waals surface area contributed by atoms with Crippen molar-refractivity contribution in [2.24, 2.45) is 4.99 Å². The number of esters is 1. The molecular weight excluding hydrogens is 570 g/mol. The van der Waals surface area contributed by atoms with Gasteiger partial charge >= 0.3 is 5.97 Å². The quantitative estimate of drug-likeness (QED) is 0.334. The molecule has 1 aliphatic rings. The predicted octanol–water partition coefficient (Wildman–Crippen LogP) is 4.37. The second kappa shape index (κ2) is 10.3. The van der Waals surface area contributed by atoms with Gasteiger partial charge in [0.05, 0.1) is 42.7 Å². The molecule has 0 radical (unpaired) electrons. The minimum Gasteiger partial charge on any atom is -0.493 e. The van der Waals surface area contributed by atoms with Crippen molar-refractivity contribution in [3.05, 3.63) is 88.6 Å². The van der Waals surface area contributed by atoms with Crippen molar-refractivity contribution in [3.63, 3.8) is 0 Å². The first-order valence-electron chi connectivity index (χ1n) is 12.0. The van der Waals surface area contributed by atoms with Gasteiger partial charge in [-0.1, -0.05) is 45.5 Å². The number of fused-ring (bicyclic) bond motifs is 2. The molecule has 0 aliphatic carbocycles. The van der Waals surface area contributed by atoms with Crippen LogP contribution >= 0.6 is 27.3 Å². The van der Waals surface area contributed by atoms with E-state index in [9.17, 15) is 9.59 Å². The van der Waals surface area contributed by atoms with E-state index in [1.165, 1.54) is 18.4 Å². The van der Waals surface area contributed by atoms with Crippen LogP contribution in [0.3, 0.4) is 0 Å². The Balaban J connectivity index is 1.80. The zero-order valence-electron chi connectivity index (χ0n) is 21.5. The van der Waals surface area contributed by atoms with Gasteiger partial charge in [-0.25, -0.2) is 9.79 Å². The van der Waals surface area contributed by atoms with Gasteiger partial charge in [0.2, 0.25) is 0 Å². The predicted molar refractivity (Wildman–Crippen MR) is 151 cm³/mol. The number of aromatic nitrogens is 2. The summed E-state index contributed by atoms with van der Waals surface area (Å²) in [5.74, 6) is 0.464. The fraction of sp³-hybridized carbons (Fsp3) is 0.250. The smallest absolute Gasteiger partial charge is 0.338 e. The van der Waals surface area contributed by atoms with Gasteiger partial charge < -0.3 is 19.2 Å². The summed E-state index contributed by atoms with van der Waals surface area (Å²) in [5.41, 5.74) is 4.08. The largest absolute Gasteiger partial charge is 0.493 e. The van der Waals surface area contributed by atoms with Crippen LogP contribution in [0.4, 0.5) is 0 Å². The SMILES string of the molecule is CCOC(=O)C1=C(C)N=c2s/c(=C/c3c(C)[nH]c4ccccc34)c(=O)n2[C@@H]1c1cc(OC)c(OC)cc1Br. The van der Waals surface area contributed by atoms with Crippen molar-refractivity contribution < 1.29 is 19.0 Å². The van der Waals surface area contributed by atoms with Crippen LogP contribution in [-0.4, -0.2) is 36.3 Å². The lowest BCUT2D eigenvalue weighted by molar-refractivity contribution is -0.139. The van der Waals surface area contributed by atoms with Crippen molar-refractivity contribution in [3.8, 4) is 11.5 Å². The molecule has 1 N–H and O–H groups in total. The third-order valence-corrected chi connectivity index (χ3v) is 8.20. The minimum absolute atomic E-state index is 0.194. The van der Waals surface area contributed by atoms with Gasteiger partial charge in [-0.15, -0.1) is 0 Å². The number of benzene rings is 2. The average molecular weight is 597 g/mol. The van der Waals surface area contributed by atoms with E-state index in [4.69, 9.17) is 14.2 Å². The van der Waals surface area contributed by atoms with Crippen LogP contribution in [0.15, 0.2) is 61.9 Å². The number of carbonyl (C=O) groups excluding carboxylic acids is 1. The standard InChI is InChI=1S/C28H26BrN3O5S/c1-6-37-27(34)24-15(3)31-28-32(25(24)18-11-21(35-4)22(36-5)13-19(18)29)26(33)23(38-28)12-17-14(2)30-20-10-8-7-9-16(17)20/h7-13,25,30H,6H2,1-5H3/b23-12+/t25-/m1/s1. The number of hydrogen-bond donors (Lipinski definition) is 1. The Morgan fingerprint density at radius 1 is 1.18 bits per heavy atom. The molecule has 4 aromatic rings. The van der Waals surface area contributed by atoms with Crippen molar-refractivity contribution in [1.29, 1.82) is 0 Å². The maximum absolute atomic E-state index is 14.0. The number of ether oxygens (including phenoxy) is 3. The summed E-state index contributed by atoms with van der Waals surface area (Å²) in [6, 6.07) is 10.7. The molecule has 2 aromatic heterocycles. The number of thiazole rings is 1. The maximum Gasteiger partial charge on any atom is 0.338 e. The summed E-state index contributed by atoms with van der Waals surface area (Å²) >= 11 is 4.91. The fourth-order valence-electron chi connectivity index (χ4n) is 4.78. The van der Waals surface area contributed by atoms with Gasteiger partial charge in [0.1, 0.15) is 0 Å². The van der Waals surface area contributed by atoms with E-state index >= 15 is 0 Å². The van der Waals surface area contributed by atoms with E-state index < -0.39 is 12.0 Å². The fourth-order valence-corrected chi connectivity index (χ4v) is 6.35. The molecule has 38 heavy (non-hydrogen) atoms. The number of hydrogen-bond acceptors (Lipinski definition) is 7. The highest BCUT2D eigenvalue weighted by Crippen LogP contribution is 2.40. The second-order valence-electron chi connectivity index (χ2n) is 8.74. The van der Waals surface area contributed by atoms with Crippen molar-refractivity contribution >= 4 is 50.2 Å². The Labute approximate surface area is 231 Å². The topological polar surface area (TPSA) is 94.9 Å². The van der Waals surface area contributed by atoms with E-state index in [0.717, 1.165) is 22.2 Å². The van der Waals surface area contributed by atoms with Crippen LogP contribution in [-0.2, 0) is 9.53 Å². The van der Waals surface area contributed by atoms with Gasteiger partial charge in [-0.2, -0.15) is 0 Å². The molecule has 1 atom stereocenters. The van der Waals surface area contributed by atoms with Crippen LogP contribution in [0, 0.1) is 6.92 Å². The molecule has 10 heteroatoms. The third-order valence-electron chi connectivity index (χ3n) is 6.53. The highest BCUT2D eigenvalue weighted by molar-refractivity contribution is 9.10. The molecule has 5 rings (SSSR count). The molecule has 1 aliphatic heterocycles. The van der Waals surface area contributed by atoms with Crippen LogP contribution in [0.25, 0.3) is 17.0 Å². The van der Waals surface area contributed by atoms with E-state index in [0.29, 0.717) is 42.1 Å². The summed E-state index contributed by atoms with van der Waals surface area (Å²) in [7, 11) is 3.09. The maximum atomic E-state index is 14.0. The van der Waals surface area contributed by atoms with Crippen molar-refractivity contribution in [2.45, 2.75) is 26.8 Å². The first kappa shape index (κ1) is 26.0. The summed E-state index contributed by atoms with van der Waals surface area (Å²) in [6.45, 7) is 5.68. The van der Waals surface area contributed by atoms with Crippen LogP contribution in [0.1, 0.15) is 36.7 Å². The number of nitrogens with one attached hydrogen (secondary N) is 1. The number of allylic oxidation sites excluding steroid dienone is 1. The van der Waals surface area contributed by atoms with Gasteiger partial charge in [-0.05, 0) is 50.6 Å². The molecule has 2 aromatic carbocycles. The molecule has 0 fully saturated rings. The molecule has 3 heterocycles. The number of aromatic amines is 1. The molecular formula is C28H26BrN3O5S. The molecule has 0 unspecified atom stereocenters. The van der Waals surface area contributed by atoms with Crippen LogP contribution in [0.2, 0.25) is 0 Å². The van der Waals surface area contributed by atoms with E-state index in [1.54, 1.807) is 37.7 Å². The Hall–Kier alpha value is -3.63. The summed E-state index contributed by atoms with van der Waals surface area (Å²) in [4.78, 5) is 35.8. The number of carbonyl (C=O) groups is 1. The number of nitrogens with zero attached hydrogens (tertiary/aromatic N) is 2. The molecule has 0 saturated carbocycles. The summed E-state index contributed by atoms with van der Waals surface area (Å²) in [5, 5.41) is 1.03. The van der Waals surface area contributed by atoms with E-state index in [1.807, 2.05) is 37.3 Å². The van der Waals surface area contributed by atoms with Crippen LogP contribution < -0.4 is 24.4 Å². The Morgan fingerprint density at radius 3 is 2.61 bits per heavy atom. The Kier molecular flexibility index (Phi) is 7.02. The van der Waals surface area contributed by atoms with Gasteiger partial charge in [-0.3, -0.25) is 9.36 Å². The van der Waals surface area contributed by atoms with Gasteiger partial charge in [0.15, 0.2) is 16.3 Å². The van der Waals surface area contributed by atoms with E-state index in [2.05, 4.69) is 25.9 Å². The van der Waals surface area contributed by atoms with Crippen molar-refractivity contribution in [1.82, 2.24) is 9.55 Å². The molecule has 0 amide bonds. The normalized spacial score (nSPS) is 15.4. The zero-order chi connectivity index (χ0) is 27.1. The second-order valence-corrected chi connectivity index (χ2v) is 10.6. The molecule has 0 bridgehead atoms. The number of H-pyrrole nitrogens is 1. The number of methoxy groups -OCH3 is 2. The lowest BCUT2D eigenvalue weighted by atomic mass is 9.95. The lowest BCUT2D eigenvalue weighted by Gasteiger charge is -2.26. The zero-order valence-corrected chi connectivity index (χ0v) is 24.0. The molecule has 8 nitrogen and oxygen atoms in total. The molecule has 0 spiro atoms. The number of para-hydroxylation sites is 1. The Bertz CT molecular complexity index is 1800. The number of halogens is 1. The van der Waals surface area contributed by atoms with Gasteiger partial charge in [0.25, 0.3) is 5.56 Å². The monoisotopic (exact) mass is 595 g/mol. The van der Waals surface area contributed by atoms with Crippen molar-refractivity contribution in [2.75, 3.05) is 20.8 Å². The first-order valence-corrected chi connectivity index (χ1v) is 13.6. The van der Waals surface area contributed by atoms with Crippen LogP contribution in [0.5, 0.6) is 11.5 Å². The minimum atomic E-state index is -0.786. The molecule has 196 valence electrons. The Morgan fingerprint density at radius 2 is 1.89 bits per heavy atom. The number of aryl methyl sites for hydroxylation is 1. The average Bonchev–Trinajstić information content (AvgIpc) is 3.38.